The van der Waals surface area contributed by atoms with Crippen LogP contribution in [0.25, 0.3) is 0 Å². The molecule has 3 aromatic rings. The third kappa shape index (κ3) is 3.52. The summed E-state index contributed by atoms with van der Waals surface area (Å²) in [5.41, 5.74) is 2.49. The highest BCUT2D eigenvalue weighted by Gasteiger charge is 2.31. The van der Waals surface area contributed by atoms with Gasteiger partial charge in [-0.2, -0.15) is 0 Å². The molecule has 0 fully saturated rings. The number of rotatable bonds is 5. The van der Waals surface area contributed by atoms with Gasteiger partial charge in [0.2, 0.25) is 0 Å². The maximum absolute atomic E-state index is 13.3. The molecular weight excluding hydrogens is 402 g/mol. The lowest BCUT2D eigenvalue weighted by Gasteiger charge is -2.20. The molecule has 1 heterocycles. The normalized spacial score (nSPS) is 13.1. The molecule has 0 radical (unpaired) electrons. The maximum atomic E-state index is 13.3. The average Bonchev–Trinajstić information content (AvgIpc) is 3.20. The first-order valence-corrected chi connectivity index (χ1v) is 10.9. The molecule has 0 saturated heterocycles. The molecule has 0 saturated carbocycles. The number of benzene rings is 3. The van der Waals surface area contributed by atoms with Gasteiger partial charge in [-0.1, -0.05) is 36.4 Å². The number of carbonyl (C=O) groups is 1. The molecule has 0 spiro atoms. The van der Waals surface area contributed by atoms with Crippen LogP contribution in [0.5, 0.6) is 11.5 Å². The number of anilines is 1. The van der Waals surface area contributed by atoms with E-state index < -0.39 is 16.0 Å². The zero-order chi connectivity index (χ0) is 21.3. The number of carbonyl (C=O) groups excluding carboxylic acids is 1. The van der Waals surface area contributed by atoms with E-state index in [-0.39, 0.29) is 16.2 Å². The van der Waals surface area contributed by atoms with Crippen LogP contribution in [0.4, 0.5) is 5.69 Å². The summed E-state index contributed by atoms with van der Waals surface area (Å²) in [5, 5.41) is 0. The Labute approximate surface area is 175 Å². The van der Waals surface area contributed by atoms with Gasteiger partial charge in [0.15, 0.2) is 0 Å². The van der Waals surface area contributed by atoms with Crippen LogP contribution in [0.3, 0.4) is 0 Å². The van der Waals surface area contributed by atoms with Crippen LogP contribution in [0.15, 0.2) is 71.6 Å². The monoisotopic (exact) mass is 423 g/mol. The molecule has 1 aliphatic rings. The summed E-state index contributed by atoms with van der Waals surface area (Å²) in [6, 6.07) is 18.8. The first kappa shape index (κ1) is 20.0. The van der Waals surface area contributed by atoms with Crippen molar-refractivity contribution in [2.45, 2.75) is 18.2 Å². The van der Waals surface area contributed by atoms with E-state index in [0.29, 0.717) is 24.4 Å². The Kier molecular flexibility index (Phi) is 5.22. The third-order valence-electron chi connectivity index (χ3n) is 5.12. The second-order valence-corrected chi connectivity index (χ2v) is 8.84. The molecular formula is C23H21NO5S. The largest absolute Gasteiger partial charge is 0.496 e. The van der Waals surface area contributed by atoms with Crippen molar-refractivity contribution in [1.82, 2.24) is 0 Å². The predicted octanol–water partition coefficient (Wildman–Crippen LogP) is 3.97. The highest BCUT2D eigenvalue weighted by molar-refractivity contribution is 7.92. The molecule has 4 rings (SSSR count). The van der Waals surface area contributed by atoms with Crippen molar-refractivity contribution in [1.29, 1.82) is 0 Å². The number of ether oxygens (including phenoxy) is 2. The smallest absolute Gasteiger partial charge is 0.347 e. The minimum absolute atomic E-state index is 0.0109. The van der Waals surface area contributed by atoms with E-state index in [1.807, 2.05) is 37.3 Å². The zero-order valence-electron chi connectivity index (χ0n) is 16.7. The van der Waals surface area contributed by atoms with Crippen molar-refractivity contribution in [2.75, 3.05) is 18.0 Å². The maximum Gasteiger partial charge on any atom is 0.347 e. The number of hydrogen-bond donors (Lipinski definition) is 0. The summed E-state index contributed by atoms with van der Waals surface area (Å²) < 4.78 is 38.8. The van der Waals surface area contributed by atoms with Gasteiger partial charge in [-0.25, -0.2) is 13.2 Å². The van der Waals surface area contributed by atoms with Crippen LogP contribution < -0.4 is 13.8 Å². The van der Waals surface area contributed by atoms with Gasteiger partial charge in [0, 0.05) is 6.54 Å². The van der Waals surface area contributed by atoms with Crippen molar-refractivity contribution in [3.63, 3.8) is 0 Å². The quantitative estimate of drug-likeness (QED) is 0.459. The van der Waals surface area contributed by atoms with Gasteiger partial charge in [-0.15, -0.1) is 0 Å². The topological polar surface area (TPSA) is 72.9 Å². The van der Waals surface area contributed by atoms with Crippen LogP contribution in [0.1, 0.15) is 21.5 Å². The molecule has 0 aromatic heterocycles. The first-order chi connectivity index (χ1) is 14.4. The van der Waals surface area contributed by atoms with E-state index in [0.717, 1.165) is 11.1 Å². The molecule has 30 heavy (non-hydrogen) atoms. The molecule has 1 aliphatic heterocycles. The van der Waals surface area contributed by atoms with Crippen molar-refractivity contribution in [3.05, 3.63) is 83.4 Å². The second-order valence-electron chi connectivity index (χ2n) is 6.97. The number of sulfonamides is 1. The van der Waals surface area contributed by atoms with Crippen LogP contribution in [0, 0.1) is 6.92 Å². The zero-order valence-corrected chi connectivity index (χ0v) is 17.5. The van der Waals surface area contributed by atoms with Crippen LogP contribution in [0.2, 0.25) is 0 Å². The number of fused-ring (bicyclic) bond motifs is 1. The van der Waals surface area contributed by atoms with E-state index in [2.05, 4.69) is 0 Å². The molecule has 0 N–H and O–H groups in total. The van der Waals surface area contributed by atoms with Gasteiger partial charge in [-0.05, 0) is 54.8 Å². The van der Waals surface area contributed by atoms with Crippen molar-refractivity contribution < 1.29 is 22.7 Å². The fourth-order valence-corrected chi connectivity index (χ4v) is 5.05. The SMILES string of the molecule is COc1ccc(S(=O)(=O)N2CCc3ccccc32)cc1C(=O)Oc1ccccc1C. The molecule has 0 unspecified atom stereocenters. The fraction of sp³-hybridized carbons (Fsp3) is 0.174. The van der Waals surface area contributed by atoms with Crippen molar-refractivity contribution in [2.24, 2.45) is 0 Å². The number of para-hydroxylation sites is 2. The fourth-order valence-electron chi connectivity index (χ4n) is 3.52. The number of hydrogen-bond acceptors (Lipinski definition) is 5. The Morgan fingerprint density at radius 1 is 0.967 bits per heavy atom. The highest BCUT2D eigenvalue weighted by Crippen LogP contribution is 2.34. The molecule has 0 aliphatic carbocycles. The summed E-state index contributed by atoms with van der Waals surface area (Å²) in [4.78, 5) is 12.8. The van der Waals surface area contributed by atoms with Crippen molar-refractivity contribution >= 4 is 21.7 Å². The van der Waals surface area contributed by atoms with E-state index >= 15 is 0 Å². The molecule has 6 nitrogen and oxygen atoms in total. The van der Waals surface area contributed by atoms with E-state index in [1.165, 1.54) is 29.6 Å². The number of aryl methyl sites for hydroxylation is 1. The minimum atomic E-state index is -3.84. The summed E-state index contributed by atoms with van der Waals surface area (Å²) in [6.45, 7) is 2.18. The Morgan fingerprint density at radius 3 is 2.47 bits per heavy atom. The third-order valence-corrected chi connectivity index (χ3v) is 6.93. The molecule has 3 aromatic carbocycles. The average molecular weight is 423 g/mol. The minimum Gasteiger partial charge on any atom is -0.496 e. The van der Waals surface area contributed by atoms with E-state index in [9.17, 15) is 13.2 Å². The Balaban J connectivity index is 1.71. The van der Waals surface area contributed by atoms with Gasteiger partial charge in [0.05, 0.1) is 17.7 Å². The summed E-state index contributed by atoms with van der Waals surface area (Å²) in [7, 11) is -2.42. The van der Waals surface area contributed by atoms with Crippen LogP contribution in [-0.2, 0) is 16.4 Å². The van der Waals surface area contributed by atoms with Gasteiger partial charge in [0.25, 0.3) is 10.0 Å². The molecule has 0 bridgehead atoms. The second kappa shape index (κ2) is 7.84. The molecule has 154 valence electrons. The summed E-state index contributed by atoms with van der Waals surface area (Å²) >= 11 is 0. The van der Waals surface area contributed by atoms with E-state index in [1.54, 1.807) is 18.2 Å². The Bertz CT molecular complexity index is 1220. The van der Waals surface area contributed by atoms with Crippen LogP contribution >= 0.6 is 0 Å². The standard InChI is InChI=1S/C23H21NO5S/c1-16-7-3-6-10-21(16)29-23(25)19-15-18(11-12-22(19)28-2)30(26,27)24-14-13-17-8-4-5-9-20(17)24/h3-12,15H,13-14H2,1-2H3. The Morgan fingerprint density at radius 2 is 1.70 bits per heavy atom. The molecule has 7 heteroatoms. The summed E-state index contributed by atoms with van der Waals surface area (Å²) in [6.07, 6.45) is 0.647. The number of esters is 1. The van der Waals surface area contributed by atoms with Gasteiger partial charge in [0.1, 0.15) is 17.1 Å². The van der Waals surface area contributed by atoms with Gasteiger partial charge >= 0.3 is 5.97 Å². The van der Waals surface area contributed by atoms with Gasteiger partial charge < -0.3 is 9.47 Å². The van der Waals surface area contributed by atoms with Gasteiger partial charge in [-0.3, -0.25) is 4.31 Å². The lowest BCUT2D eigenvalue weighted by molar-refractivity contribution is 0.0729. The molecule has 0 amide bonds. The number of nitrogens with zero attached hydrogens (tertiary/aromatic N) is 1. The predicted molar refractivity (Wildman–Crippen MR) is 114 cm³/mol. The highest BCUT2D eigenvalue weighted by atomic mass is 32.2. The van der Waals surface area contributed by atoms with E-state index in [4.69, 9.17) is 9.47 Å². The van der Waals surface area contributed by atoms with Crippen LogP contribution in [-0.4, -0.2) is 28.0 Å². The van der Waals surface area contributed by atoms with Crippen molar-refractivity contribution in [3.8, 4) is 11.5 Å². The lowest BCUT2D eigenvalue weighted by Crippen LogP contribution is -2.29. The summed E-state index contributed by atoms with van der Waals surface area (Å²) in [5.74, 6) is -0.0272. The first-order valence-electron chi connectivity index (χ1n) is 9.48. The number of methoxy groups -OCH3 is 1. The Hall–Kier alpha value is -3.32. The lowest BCUT2D eigenvalue weighted by atomic mass is 10.2. The molecule has 0 atom stereocenters.